The van der Waals surface area contributed by atoms with E-state index in [0.717, 1.165) is 12.3 Å². The van der Waals surface area contributed by atoms with Crippen molar-refractivity contribution in [1.29, 1.82) is 0 Å². The minimum Gasteiger partial charge on any atom is -0.497 e. The molecule has 0 saturated carbocycles. The molecule has 0 bridgehead atoms. The zero-order valence-electron chi connectivity index (χ0n) is 20.5. The Balaban J connectivity index is 1.42. The van der Waals surface area contributed by atoms with Crippen LogP contribution in [0.2, 0.25) is 0 Å². The molecule has 4 rings (SSSR count). The fraction of sp³-hybridized carbons (Fsp3) is 0.357. The van der Waals surface area contributed by atoms with Crippen molar-refractivity contribution in [3.05, 3.63) is 70.9 Å². The van der Waals surface area contributed by atoms with Crippen LogP contribution in [0.25, 0.3) is 10.9 Å². The fourth-order valence-electron chi connectivity index (χ4n) is 4.76. The summed E-state index contributed by atoms with van der Waals surface area (Å²) in [6, 6.07) is 5.97. The van der Waals surface area contributed by atoms with E-state index >= 15 is 4.39 Å². The van der Waals surface area contributed by atoms with Crippen LogP contribution in [0.1, 0.15) is 43.0 Å². The highest BCUT2D eigenvalue weighted by Crippen LogP contribution is 2.41. The van der Waals surface area contributed by atoms with Crippen molar-refractivity contribution < 1.29 is 36.6 Å². The van der Waals surface area contributed by atoms with Gasteiger partial charge in [-0.1, -0.05) is 11.8 Å². The van der Waals surface area contributed by atoms with Gasteiger partial charge in [0.25, 0.3) is 0 Å². The van der Waals surface area contributed by atoms with Gasteiger partial charge >= 0.3 is 5.97 Å². The zero-order chi connectivity index (χ0) is 27.4. The summed E-state index contributed by atoms with van der Waals surface area (Å²) in [5.41, 5.74) is -1.39. The van der Waals surface area contributed by atoms with Gasteiger partial charge in [0.05, 0.1) is 36.3 Å². The Morgan fingerprint density at radius 1 is 1.16 bits per heavy atom. The predicted molar refractivity (Wildman–Crippen MR) is 130 cm³/mol. The molecule has 5 nitrogen and oxygen atoms in total. The lowest BCUT2D eigenvalue weighted by Crippen LogP contribution is -2.44. The SMILES string of the molecule is COc1ccc2ncc(F)c([C@@H](F)CCC3(C(=O)O)CCN(CC#Cc4cc(F)cc(F)c4F)CC3)c2c1. The summed E-state index contributed by atoms with van der Waals surface area (Å²) in [6.45, 7) is 0.776. The predicted octanol–water partition coefficient (Wildman–Crippen LogP) is 5.81. The van der Waals surface area contributed by atoms with E-state index in [9.17, 15) is 27.5 Å². The number of pyridine rings is 1. The number of aromatic nitrogens is 1. The molecule has 1 aromatic heterocycles. The van der Waals surface area contributed by atoms with E-state index < -0.39 is 46.4 Å². The van der Waals surface area contributed by atoms with Crippen LogP contribution in [0.15, 0.2) is 36.5 Å². The first-order valence-corrected chi connectivity index (χ1v) is 12.0. The van der Waals surface area contributed by atoms with Crippen LogP contribution in [-0.2, 0) is 4.79 Å². The lowest BCUT2D eigenvalue weighted by Gasteiger charge is -2.38. The Hall–Kier alpha value is -3.71. The maximum Gasteiger partial charge on any atom is 0.309 e. The smallest absolute Gasteiger partial charge is 0.309 e. The maximum atomic E-state index is 15.4. The largest absolute Gasteiger partial charge is 0.497 e. The molecule has 0 unspecified atom stereocenters. The number of likely N-dealkylation sites (tertiary alicyclic amines) is 1. The Kier molecular flexibility index (Phi) is 8.17. The van der Waals surface area contributed by atoms with Crippen LogP contribution in [0, 0.1) is 40.5 Å². The number of hydrogen-bond acceptors (Lipinski definition) is 4. The molecule has 2 aromatic carbocycles. The number of rotatable bonds is 7. The van der Waals surface area contributed by atoms with Gasteiger partial charge in [-0.3, -0.25) is 14.7 Å². The number of carboxylic acids is 1. The monoisotopic (exact) mass is 532 g/mol. The van der Waals surface area contributed by atoms with E-state index in [2.05, 4.69) is 16.8 Å². The number of carbonyl (C=O) groups is 1. The third-order valence-corrected chi connectivity index (χ3v) is 7.04. The molecule has 10 heteroatoms. The van der Waals surface area contributed by atoms with Gasteiger partial charge in [-0.25, -0.2) is 22.0 Å². The van der Waals surface area contributed by atoms with Gasteiger partial charge in [0.1, 0.15) is 23.6 Å². The first-order valence-electron chi connectivity index (χ1n) is 12.0. The van der Waals surface area contributed by atoms with Crippen molar-refractivity contribution >= 4 is 16.9 Å². The Morgan fingerprint density at radius 3 is 2.58 bits per heavy atom. The molecule has 1 saturated heterocycles. The molecule has 1 aliphatic heterocycles. The van der Waals surface area contributed by atoms with Gasteiger partial charge in [-0.05, 0) is 49.9 Å². The minimum atomic E-state index is -1.76. The van der Waals surface area contributed by atoms with Gasteiger partial charge in [-0.15, -0.1) is 0 Å². The maximum absolute atomic E-state index is 15.4. The van der Waals surface area contributed by atoms with Crippen LogP contribution in [0.3, 0.4) is 0 Å². The average Bonchev–Trinajstić information content (AvgIpc) is 2.90. The van der Waals surface area contributed by atoms with Gasteiger partial charge < -0.3 is 9.84 Å². The van der Waals surface area contributed by atoms with E-state index in [1.54, 1.807) is 12.1 Å². The summed E-state index contributed by atoms with van der Waals surface area (Å²) >= 11 is 0. The molecule has 0 amide bonds. The summed E-state index contributed by atoms with van der Waals surface area (Å²) < 4.78 is 75.7. The number of methoxy groups -OCH3 is 1. The molecule has 0 radical (unpaired) electrons. The van der Waals surface area contributed by atoms with Crippen molar-refractivity contribution in [2.45, 2.75) is 31.9 Å². The van der Waals surface area contributed by atoms with E-state index in [-0.39, 0.29) is 43.2 Å². The number of fused-ring (bicyclic) bond motifs is 1. The molecule has 0 aliphatic carbocycles. The topological polar surface area (TPSA) is 62.7 Å². The lowest BCUT2D eigenvalue weighted by atomic mass is 9.74. The second-order valence-electron chi connectivity index (χ2n) is 9.32. The summed E-state index contributed by atoms with van der Waals surface area (Å²) in [5.74, 6) is 0.109. The zero-order valence-corrected chi connectivity index (χ0v) is 20.5. The first kappa shape index (κ1) is 27.3. The second kappa shape index (κ2) is 11.4. The number of aliphatic carboxylic acids is 1. The summed E-state index contributed by atoms with van der Waals surface area (Å²) in [5, 5.41) is 10.2. The number of carboxylic acid groups (broad SMARTS) is 1. The highest BCUT2D eigenvalue weighted by atomic mass is 19.2. The second-order valence-corrected chi connectivity index (χ2v) is 9.32. The van der Waals surface area contributed by atoms with Crippen molar-refractivity contribution in [1.82, 2.24) is 9.88 Å². The van der Waals surface area contributed by atoms with Gasteiger partial charge in [0, 0.05) is 30.1 Å². The molecule has 2 heterocycles. The van der Waals surface area contributed by atoms with Crippen LogP contribution in [0.4, 0.5) is 22.0 Å². The number of benzene rings is 2. The van der Waals surface area contributed by atoms with Gasteiger partial charge in [0.2, 0.25) is 0 Å². The summed E-state index contributed by atoms with van der Waals surface area (Å²) in [6.07, 6.45) is -0.615. The van der Waals surface area contributed by atoms with Crippen LogP contribution >= 0.6 is 0 Å². The third-order valence-electron chi connectivity index (χ3n) is 7.04. The first-order chi connectivity index (χ1) is 18.1. The molecule has 1 atom stereocenters. The number of hydrogen-bond donors (Lipinski definition) is 1. The molecule has 200 valence electrons. The number of nitrogens with zero attached hydrogens (tertiary/aromatic N) is 2. The van der Waals surface area contributed by atoms with Crippen molar-refractivity contribution in [2.24, 2.45) is 5.41 Å². The van der Waals surface area contributed by atoms with Crippen molar-refractivity contribution in [3.8, 4) is 17.6 Å². The Bertz CT molecular complexity index is 1410. The number of ether oxygens (including phenoxy) is 1. The lowest BCUT2D eigenvalue weighted by molar-refractivity contribution is -0.152. The quantitative estimate of drug-likeness (QED) is 0.237. The highest BCUT2D eigenvalue weighted by molar-refractivity contribution is 5.84. The van der Waals surface area contributed by atoms with Gasteiger partial charge in [-0.2, -0.15) is 0 Å². The molecule has 3 aromatic rings. The summed E-state index contributed by atoms with van der Waals surface area (Å²) in [7, 11) is 1.44. The van der Waals surface area contributed by atoms with E-state index in [1.165, 1.54) is 13.2 Å². The molecule has 1 N–H and O–H groups in total. The highest BCUT2D eigenvalue weighted by Gasteiger charge is 2.41. The molecule has 1 aliphatic rings. The number of piperidine rings is 1. The molecular formula is C28H25F5N2O3. The minimum absolute atomic E-state index is 0.00990. The Labute approximate surface area is 216 Å². The standard InChI is InChI=1S/C28H25F5N2O3/c1-38-19-4-5-24-20(15-19)25(23(32)16-34-24)21(30)6-7-28(27(36)37)8-11-35(12-9-28)10-2-3-17-13-18(29)14-22(31)26(17)33/h4-5,13-16,21H,6-12H2,1H3,(H,36,37)/t21-/m0/s1. The molecular weight excluding hydrogens is 507 g/mol. The normalized spacial score (nSPS) is 16.1. The number of halogens is 5. The van der Waals surface area contributed by atoms with Gasteiger partial charge in [0.15, 0.2) is 11.6 Å². The molecule has 1 fully saturated rings. The van der Waals surface area contributed by atoms with Crippen LogP contribution in [-0.4, -0.2) is 47.7 Å². The molecule has 0 spiro atoms. The third kappa shape index (κ3) is 5.73. The van der Waals surface area contributed by atoms with E-state index in [0.29, 0.717) is 30.4 Å². The average molecular weight is 533 g/mol. The fourth-order valence-corrected chi connectivity index (χ4v) is 4.76. The Morgan fingerprint density at radius 2 is 1.89 bits per heavy atom. The van der Waals surface area contributed by atoms with Crippen LogP contribution in [0.5, 0.6) is 5.75 Å². The summed E-state index contributed by atoms with van der Waals surface area (Å²) in [4.78, 5) is 18.0. The number of alkyl halides is 1. The molecule has 38 heavy (non-hydrogen) atoms. The van der Waals surface area contributed by atoms with E-state index in [1.807, 2.05) is 4.90 Å². The van der Waals surface area contributed by atoms with E-state index in [4.69, 9.17) is 4.74 Å². The van der Waals surface area contributed by atoms with Crippen molar-refractivity contribution in [3.63, 3.8) is 0 Å². The van der Waals surface area contributed by atoms with Crippen LogP contribution < -0.4 is 4.74 Å². The van der Waals surface area contributed by atoms with Crippen molar-refractivity contribution in [2.75, 3.05) is 26.7 Å².